The Kier molecular flexibility index (Phi) is 5.50. The van der Waals surface area contributed by atoms with Crippen molar-refractivity contribution in [1.29, 1.82) is 0 Å². The van der Waals surface area contributed by atoms with Crippen LogP contribution < -0.4 is 9.62 Å². The molecular weight excluding hydrogens is 416 g/mol. The minimum Gasteiger partial charge on any atom is -0.312 e. The molecule has 2 aromatic carbocycles. The van der Waals surface area contributed by atoms with E-state index in [2.05, 4.69) is 20.7 Å². The van der Waals surface area contributed by atoms with E-state index in [0.29, 0.717) is 6.54 Å². The van der Waals surface area contributed by atoms with Crippen LogP contribution in [0.2, 0.25) is 0 Å². The van der Waals surface area contributed by atoms with Crippen LogP contribution in [0, 0.1) is 0 Å². The molecule has 0 radical (unpaired) electrons. The number of amides is 1. The van der Waals surface area contributed by atoms with Crippen molar-refractivity contribution >= 4 is 37.5 Å². The first-order valence-corrected chi connectivity index (χ1v) is 10.7. The molecule has 2 aromatic rings. The van der Waals surface area contributed by atoms with E-state index in [0.717, 1.165) is 34.1 Å². The van der Waals surface area contributed by atoms with Gasteiger partial charge < -0.3 is 4.90 Å². The average molecular weight is 437 g/mol. The number of benzene rings is 2. The monoisotopic (exact) mass is 436 g/mol. The fourth-order valence-electron chi connectivity index (χ4n) is 3.26. The van der Waals surface area contributed by atoms with Crippen LogP contribution in [-0.2, 0) is 21.2 Å². The van der Waals surface area contributed by atoms with E-state index in [-0.39, 0.29) is 16.8 Å². The highest BCUT2D eigenvalue weighted by Gasteiger charge is 2.24. The van der Waals surface area contributed by atoms with Crippen LogP contribution in [0.3, 0.4) is 0 Å². The Bertz CT molecular complexity index is 944. The Morgan fingerprint density at radius 1 is 1.23 bits per heavy atom. The standard InChI is InChI=1S/C19H21BrN2O3S/c1-13(17-7-3-4-8-18(17)20)21-26(24,25)16-9-10-19-15(12-16)6-5-11-22(19)14(2)23/h3-4,7-10,12-13,21H,5-6,11H2,1-2H3. The van der Waals surface area contributed by atoms with E-state index >= 15 is 0 Å². The van der Waals surface area contributed by atoms with Crippen LogP contribution >= 0.6 is 15.9 Å². The smallest absolute Gasteiger partial charge is 0.241 e. The van der Waals surface area contributed by atoms with E-state index in [1.54, 1.807) is 23.1 Å². The summed E-state index contributed by atoms with van der Waals surface area (Å²) >= 11 is 3.46. The van der Waals surface area contributed by atoms with Gasteiger partial charge in [-0.3, -0.25) is 4.79 Å². The van der Waals surface area contributed by atoms with Gasteiger partial charge in [-0.1, -0.05) is 34.1 Å². The van der Waals surface area contributed by atoms with Gasteiger partial charge in [-0.15, -0.1) is 0 Å². The molecule has 26 heavy (non-hydrogen) atoms. The number of sulfonamides is 1. The first-order valence-electron chi connectivity index (χ1n) is 8.47. The lowest BCUT2D eigenvalue weighted by Crippen LogP contribution is -2.34. The SMILES string of the molecule is CC(=O)N1CCCc2cc(S(=O)(=O)NC(C)c3ccccc3Br)ccc21. The molecule has 3 rings (SSSR count). The molecule has 1 atom stereocenters. The summed E-state index contributed by atoms with van der Waals surface area (Å²) in [6.45, 7) is 4.01. The second kappa shape index (κ2) is 7.50. The normalized spacial score (nSPS) is 15.4. The lowest BCUT2D eigenvalue weighted by Gasteiger charge is -2.29. The first-order chi connectivity index (χ1) is 12.3. The minimum atomic E-state index is -3.67. The molecule has 0 bridgehead atoms. The summed E-state index contributed by atoms with van der Waals surface area (Å²) in [6, 6.07) is 12.1. The minimum absolute atomic E-state index is 0.0257. The predicted octanol–water partition coefficient (Wildman–Crippen LogP) is 3.79. The fraction of sp³-hybridized carbons (Fsp3) is 0.316. The van der Waals surface area contributed by atoms with Crippen molar-refractivity contribution in [2.75, 3.05) is 11.4 Å². The van der Waals surface area contributed by atoms with Crippen LogP contribution in [0.15, 0.2) is 51.8 Å². The molecule has 0 aliphatic carbocycles. The summed E-state index contributed by atoms with van der Waals surface area (Å²) in [4.78, 5) is 13.7. The van der Waals surface area contributed by atoms with Gasteiger partial charge in [-0.25, -0.2) is 13.1 Å². The maximum absolute atomic E-state index is 12.8. The van der Waals surface area contributed by atoms with Crippen molar-refractivity contribution in [2.45, 2.75) is 37.6 Å². The highest BCUT2D eigenvalue weighted by molar-refractivity contribution is 9.10. The molecule has 1 N–H and O–H groups in total. The number of hydrogen-bond donors (Lipinski definition) is 1. The van der Waals surface area contributed by atoms with Crippen molar-refractivity contribution in [3.8, 4) is 0 Å². The van der Waals surface area contributed by atoms with Gasteiger partial charge in [0.1, 0.15) is 0 Å². The van der Waals surface area contributed by atoms with Crippen LogP contribution in [0.4, 0.5) is 5.69 Å². The number of carbonyl (C=O) groups excluding carboxylic acids is 1. The summed E-state index contributed by atoms with van der Waals surface area (Å²) in [6.07, 6.45) is 1.60. The zero-order valence-electron chi connectivity index (χ0n) is 14.7. The molecule has 0 aromatic heterocycles. The molecule has 1 unspecified atom stereocenters. The van der Waals surface area contributed by atoms with Crippen LogP contribution in [0.5, 0.6) is 0 Å². The number of carbonyl (C=O) groups is 1. The zero-order valence-corrected chi connectivity index (χ0v) is 17.1. The molecule has 1 heterocycles. The summed E-state index contributed by atoms with van der Waals surface area (Å²) < 4.78 is 29.2. The number of halogens is 1. The van der Waals surface area contributed by atoms with E-state index in [9.17, 15) is 13.2 Å². The second-order valence-corrected chi connectivity index (χ2v) is 9.00. The number of anilines is 1. The molecule has 1 aliphatic heterocycles. The molecule has 1 aliphatic rings. The number of nitrogens with one attached hydrogen (secondary N) is 1. The maximum atomic E-state index is 12.8. The molecule has 7 heteroatoms. The largest absolute Gasteiger partial charge is 0.312 e. The van der Waals surface area contributed by atoms with Crippen LogP contribution in [0.25, 0.3) is 0 Å². The Morgan fingerprint density at radius 2 is 1.96 bits per heavy atom. The van der Waals surface area contributed by atoms with Crippen molar-refractivity contribution in [3.63, 3.8) is 0 Å². The van der Waals surface area contributed by atoms with E-state index in [1.165, 1.54) is 6.92 Å². The van der Waals surface area contributed by atoms with Crippen molar-refractivity contribution in [2.24, 2.45) is 0 Å². The van der Waals surface area contributed by atoms with Gasteiger partial charge >= 0.3 is 0 Å². The Hall–Kier alpha value is -1.70. The number of aryl methyl sites for hydroxylation is 1. The first kappa shape index (κ1) is 19.1. The Labute approximate surface area is 162 Å². The summed E-state index contributed by atoms with van der Waals surface area (Å²) in [7, 11) is -3.67. The molecule has 5 nitrogen and oxygen atoms in total. The number of fused-ring (bicyclic) bond motifs is 1. The molecule has 0 saturated carbocycles. The maximum Gasteiger partial charge on any atom is 0.241 e. The number of rotatable bonds is 4. The number of nitrogens with zero attached hydrogens (tertiary/aromatic N) is 1. The van der Waals surface area contributed by atoms with Crippen molar-refractivity contribution < 1.29 is 13.2 Å². The number of hydrogen-bond acceptors (Lipinski definition) is 3. The second-order valence-electron chi connectivity index (χ2n) is 6.43. The van der Waals surface area contributed by atoms with Crippen molar-refractivity contribution in [1.82, 2.24) is 4.72 Å². The molecular formula is C19H21BrN2O3S. The third-order valence-electron chi connectivity index (χ3n) is 4.56. The Balaban J connectivity index is 1.88. The van der Waals surface area contributed by atoms with Crippen LogP contribution in [-0.4, -0.2) is 20.9 Å². The molecule has 0 fully saturated rings. The average Bonchev–Trinajstić information content (AvgIpc) is 2.60. The van der Waals surface area contributed by atoms with Gasteiger partial charge in [0.2, 0.25) is 15.9 Å². The molecule has 138 valence electrons. The molecule has 0 saturated heterocycles. The molecule has 0 spiro atoms. The van der Waals surface area contributed by atoms with Crippen LogP contribution in [0.1, 0.15) is 37.4 Å². The van der Waals surface area contributed by atoms with Gasteiger partial charge in [-0.2, -0.15) is 0 Å². The fourth-order valence-corrected chi connectivity index (χ4v) is 5.16. The van der Waals surface area contributed by atoms with E-state index in [4.69, 9.17) is 0 Å². The Morgan fingerprint density at radius 3 is 2.65 bits per heavy atom. The van der Waals surface area contributed by atoms with Gasteiger partial charge in [-0.05, 0) is 55.2 Å². The van der Waals surface area contributed by atoms with Gasteiger partial charge in [0, 0.05) is 29.7 Å². The highest BCUT2D eigenvalue weighted by Crippen LogP contribution is 2.30. The molecule has 1 amide bonds. The lowest BCUT2D eigenvalue weighted by molar-refractivity contribution is -0.116. The predicted molar refractivity (Wildman–Crippen MR) is 106 cm³/mol. The van der Waals surface area contributed by atoms with Gasteiger partial charge in [0.25, 0.3) is 0 Å². The summed E-state index contributed by atoms with van der Waals surface area (Å²) in [5.41, 5.74) is 2.57. The zero-order chi connectivity index (χ0) is 18.9. The third kappa shape index (κ3) is 3.84. The highest BCUT2D eigenvalue weighted by atomic mass is 79.9. The van der Waals surface area contributed by atoms with E-state index < -0.39 is 10.0 Å². The lowest BCUT2D eigenvalue weighted by atomic mass is 10.0. The van der Waals surface area contributed by atoms with E-state index in [1.807, 2.05) is 31.2 Å². The third-order valence-corrected chi connectivity index (χ3v) is 6.82. The topological polar surface area (TPSA) is 66.5 Å². The summed E-state index contributed by atoms with van der Waals surface area (Å²) in [5, 5.41) is 0. The van der Waals surface area contributed by atoms with Gasteiger partial charge in [0.15, 0.2) is 0 Å². The summed E-state index contributed by atoms with van der Waals surface area (Å²) in [5.74, 6) is -0.0257. The van der Waals surface area contributed by atoms with Gasteiger partial charge in [0.05, 0.1) is 4.90 Å². The quantitative estimate of drug-likeness (QED) is 0.792. The van der Waals surface area contributed by atoms with Crippen molar-refractivity contribution in [3.05, 3.63) is 58.1 Å².